The van der Waals surface area contributed by atoms with Crippen molar-refractivity contribution in [2.45, 2.75) is 60.8 Å². The summed E-state index contributed by atoms with van der Waals surface area (Å²) in [7, 11) is 24.2. The van der Waals surface area contributed by atoms with Gasteiger partial charge in [0.1, 0.15) is 52.6 Å². The van der Waals surface area contributed by atoms with Crippen LogP contribution in [0.5, 0.6) is 0 Å². The molecule has 49 heavy (non-hydrogen) atoms. The Morgan fingerprint density at radius 1 is 0.367 bits per heavy atom. The highest BCUT2D eigenvalue weighted by molar-refractivity contribution is 5.84. The highest BCUT2D eigenvalue weighted by atomic mass is 16.5. The summed E-state index contributed by atoms with van der Waals surface area (Å²) in [6.07, 6.45) is 0.0999. The lowest BCUT2D eigenvalue weighted by Crippen LogP contribution is -2.48. The lowest BCUT2D eigenvalue weighted by atomic mass is 9.62. The van der Waals surface area contributed by atoms with Crippen LogP contribution in [0.3, 0.4) is 0 Å². The zero-order chi connectivity index (χ0) is 38.9. The molecular formula is C37H76N4O8+4. The van der Waals surface area contributed by atoms with Gasteiger partial charge in [-0.3, -0.25) is 19.2 Å². The van der Waals surface area contributed by atoms with E-state index in [2.05, 4.69) is 0 Å². The second-order valence-corrected chi connectivity index (χ2v) is 20.0. The van der Waals surface area contributed by atoms with Crippen molar-refractivity contribution < 1.29 is 56.1 Å². The Kier molecular flexibility index (Phi) is 16.5. The summed E-state index contributed by atoms with van der Waals surface area (Å²) in [6, 6.07) is 0. The first kappa shape index (κ1) is 46.7. The minimum atomic E-state index is -1.31. The number of likely N-dealkylation sites (N-methyl/N-ethyl adjacent to an activating group) is 4. The molecule has 0 radical (unpaired) electrons. The zero-order valence-corrected chi connectivity index (χ0v) is 34.8. The minimum absolute atomic E-state index is 0.0163. The first-order valence-corrected chi connectivity index (χ1v) is 17.5. The molecule has 0 fully saturated rings. The van der Waals surface area contributed by atoms with Crippen LogP contribution in [0.2, 0.25) is 0 Å². The van der Waals surface area contributed by atoms with E-state index in [1.807, 2.05) is 84.6 Å². The Morgan fingerprint density at radius 3 is 0.776 bits per heavy atom. The molecule has 0 rings (SSSR count). The van der Waals surface area contributed by atoms with Crippen LogP contribution < -0.4 is 0 Å². The van der Waals surface area contributed by atoms with Gasteiger partial charge in [0.25, 0.3) is 0 Å². The molecule has 0 bridgehead atoms. The molecule has 2 atom stereocenters. The van der Waals surface area contributed by atoms with Gasteiger partial charge in [0.15, 0.2) is 0 Å². The number of rotatable bonds is 22. The quantitative estimate of drug-likeness (QED) is 0.0962. The molecule has 0 amide bonds. The van der Waals surface area contributed by atoms with Gasteiger partial charge in [-0.2, -0.15) is 0 Å². The highest BCUT2D eigenvalue weighted by Crippen LogP contribution is 2.49. The average molecular weight is 705 g/mol. The van der Waals surface area contributed by atoms with Crippen LogP contribution >= 0.6 is 0 Å². The topological polar surface area (TPSA) is 105 Å². The van der Waals surface area contributed by atoms with Crippen LogP contribution in [0.15, 0.2) is 0 Å². The van der Waals surface area contributed by atoms with Crippen LogP contribution in [-0.2, 0) is 38.1 Å². The monoisotopic (exact) mass is 705 g/mol. The fourth-order valence-corrected chi connectivity index (χ4v) is 5.76. The number of carbonyl (C=O) groups is 4. The van der Waals surface area contributed by atoms with Crippen molar-refractivity contribution in [3.63, 3.8) is 0 Å². The lowest BCUT2D eigenvalue weighted by molar-refractivity contribution is -0.870. The molecule has 12 nitrogen and oxygen atoms in total. The summed E-state index contributed by atoms with van der Waals surface area (Å²) in [5.41, 5.74) is -4.81. The van der Waals surface area contributed by atoms with E-state index in [-0.39, 0.29) is 45.7 Å². The van der Waals surface area contributed by atoms with E-state index >= 15 is 0 Å². The van der Waals surface area contributed by atoms with Gasteiger partial charge in [0, 0.05) is 0 Å². The molecule has 0 heterocycles. The van der Waals surface area contributed by atoms with Gasteiger partial charge in [-0.15, -0.1) is 0 Å². The van der Waals surface area contributed by atoms with E-state index in [4.69, 9.17) is 18.9 Å². The summed E-state index contributed by atoms with van der Waals surface area (Å²) in [5, 5.41) is 0. The summed E-state index contributed by atoms with van der Waals surface area (Å²) in [5.74, 6) is -1.89. The average Bonchev–Trinajstić information content (AvgIpc) is 2.84. The SMILES string of the molecule is CC(C)(CC(C)(CC(C)(CC(C)(C)C(=O)OCC[N+](C)(C)C)C(=O)OCC[N+](C)(C)C)C(=O)OCC[N+](C)(C)C)C(=O)OCC[N+](C)(C)C. The van der Waals surface area contributed by atoms with E-state index in [1.54, 1.807) is 41.5 Å². The molecule has 0 aromatic rings. The lowest BCUT2D eigenvalue weighted by Gasteiger charge is -2.42. The third-order valence-corrected chi connectivity index (χ3v) is 8.52. The van der Waals surface area contributed by atoms with Crippen molar-refractivity contribution in [1.29, 1.82) is 0 Å². The second-order valence-electron chi connectivity index (χ2n) is 20.0. The van der Waals surface area contributed by atoms with Crippen molar-refractivity contribution in [2.75, 3.05) is 137 Å². The number of nitrogens with zero attached hydrogens (tertiary/aromatic N) is 4. The molecule has 288 valence electrons. The largest absolute Gasteiger partial charge is 0.459 e. The standard InChI is InChI=1S/C37H76N4O8/c1-34(2,30(42)46-23-19-38(7,8)9)27-36(5,32(44)48-25-21-40(13,14)15)29-37(6,33(45)49-26-22-41(16,17)18)28-35(3,4)31(43)47-24-20-39(10,11)12/h19-29H2,1-18H3/q+4. The van der Waals surface area contributed by atoms with Crippen molar-refractivity contribution in [3.8, 4) is 0 Å². The smallest absolute Gasteiger partial charge is 0.312 e. The minimum Gasteiger partial charge on any atom is -0.459 e. The van der Waals surface area contributed by atoms with Crippen LogP contribution in [0, 0.1) is 21.7 Å². The normalized spacial score (nSPS) is 15.9. The molecule has 12 heteroatoms. The molecule has 0 aromatic carbocycles. The molecule has 0 aromatic heterocycles. The van der Waals surface area contributed by atoms with Crippen LogP contribution in [0.1, 0.15) is 60.8 Å². The van der Waals surface area contributed by atoms with Crippen molar-refractivity contribution in [1.82, 2.24) is 0 Å². The number of ether oxygens (including phenoxy) is 4. The second kappa shape index (κ2) is 17.3. The first-order valence-electron chi connectivity index (χ1n) is 17.5. The number of hydrogen-bond donors (Lipinski definition) is 0. The molecular weight excluding hydrogens is 628 g/mol. The van der Waals surface area contributed by atoms with Crippen LogP contribution in [-0.4, -0.2) is 179 Å². The Labute approximate surface area is 299 Å². The maximum atomic E-state index is 14.1. The van der Waals surface area contributed by atoms with E-state index < -0.39 is 45.5 Å². The number of carbonyl (C=O) groups excluding carboxylic acids is 4. The van der Waals surface area contributed by atoms with Crippen molar-refractivity contribution >= 4 is 23.9 Å². The van der Waals surface area contributed by atoms with Gasteiger partial charge < -0.3 is 36.9 Å². The Bertz CT molecular complexity index is 1020. The van der Waals surface area contributed by atoms with E-state index in [9.17, 15) is 19.2 Å². The Balaban J connectivity index is 6.73. The van der Waals surface area contributed by atoms with Crippen molar-refractivity contribution in [2.24, 2.45) is 21.7 Å². The van der Waals surface area contributed by atoms with Crippen LogP contribution in [0.4, 0.5) is 0 Å². The Morgan fingerprint density at radius 2 is 0.571 bits per heavy atom. The van der Waals surface area contributed by atoms with Gasteiger partial charge >= 0.3 is 23.9 Å². The van der Waals surface area contributed by atoms with Gasteiger partial charge in [-0.05, 0) is 60.8 Å². The number of esters is 4. The summed E-state index contributed by atoms with van der Waals surface area (Å²) in [4.78, 5) is 55.3. The van der Waals surface area contributed by atoms with Crippen molar-refractivity contribution in [3.05, 3.63) is 0 Å². The highest BCUT2D eigenvalue weighted by Gasteiger charge is 2.53. The molecule has 2 unspecified atom stereocenters. The molecule has 0 aliphatic rings. The fourth-order valence-electron chi connectivity index (χ4n) is 5.76. The Hall–Kier alpha value is -2.28. The molecule has 0 spiro atoms. The third kappa shape index (κ3) is 19.1. The molecule has 0 aliphatic heterocycles. The maximum Gasteiger partial charge on any atom is 0.312 e. The summed E-state index contributed by atoms with van der Waals surface area (Å²) >= 11 is 0. The van der Waals surface area contributed by atoms with E-state index in [0.29, 0.717) is 44.1 Å². The zero-order valence-electron chi connectivity index (χ0n) is 34.8. The number of quaternary nitrogens is 4. The molecule has 0 saturated carbocycles. The predicted octanol–water partition coefficient (Wildman–Crippen LogP) is 3.22. The van der Waals surface area contributed by atoms with Gasteiger partial charge in [-0.25, -0.2) is 0 Å². The summed E-state index contributed by atoms with van der Waals surface area (Å²) in [6.45, 7) is 13.7. The van der Waals surface area contributed by atoms with Gasteiger partial charge in [0.2, 0.25) is 0 Å². The summed E-state index contributed by atoms with van der Waals surface area (Å²) < 4.78 is 25.6. The molecule has 0 N–H and O–H groups in total. The van der Waals surface area contributed by atoms with E-state index in [0.717, 1.165) is 0 Å². The fraction of sp³-hybridized carbons (Fsp3) is 0.892. The number of hydrogen-bond acceptors (Lipinski definition) is 8. The van der Waals surface area contributed by atoms with Crippen LogP contribution in [0.25, 0.3) is 0 Å². The first-order chi connectivity index (χ1) is 21.6. The molecule has 0 saturated heterocycles. The van der Waals surface area contributed by atoms with Gasteiger partial charge in [-0.1, -0.05) is 0 Å². The predicted molar refractivity (Wildman–Crippen MR) is 193 cm³/mol. The van der Waals surface area contributed by atoms with E-state index in [1.165, 1.54) is 0 Å². The third-order valence-electron chi connectivity index (χ3n) is 8.52. The van der Waals surface area contributed by atoms with Gasteiger partial charge in [0.05, 0.1) is 106 Å². The maximum absolute atomic E-state index is 14.1. The molecule has 0 aliphatic carbocycles.